The van der Waals surface area contributed by atoms with Crippen LogP contribution in [0.3, 0.4) is 0 Å². The van der Waals surface area contributed by atoms with Gasteiger partial charge in [0.05, 0.1) is 39.9 Å². The molecule has 1 unspecified atom stereocenters. The first-order valence-corrected chi connectivity index (χ1v) is 13.9. The Kier molecular flexibility index (Phi) is 18.4. The van der Waals surface area contributed by atoms with Gasteiger partial charge in [0.25, 0.3) is 7.82 Å². The van der Waals surface area contributed by atoms with Gasteiger partial charge in [0.2, 0.25) is 0 Å². The molecular formula is C23H51N2O5P. The van der Waals surface area contributed by atoms with Gasteiger partial charge in [-0.3, -0.25) is 4.57 Å². The van der Waals surface area contributed by atoms with Crippen LogP contribution in [0.2, 0.25) is 0 Å². The molecule has 0 aliphatic heterocycles. The topological polar surface area (TPSA) is 105 Å². The minimum Gasteiger partial charge on any atom is -0.756 e. The van der Waals surface area contributed by atoms with Crippen LogP contribution in [0.25, 0.3) is 0 Å². The van der Waals surface area contributed by atoms with Crippen LogP contribution in [0.15, 0.2) is 0 Å². The molecule has 8 heteroatoms. The van der Waals surface area contributed by atoms with E-state index >= 15 is 0 Å². The number of hydrogen-bond acceptors (Lipinski definition) is 6. The van der Waals surface area contributed by atoms with Crippen LogP contribution in [0.4, 0.5) is 0 Å². The number of nitrogens with two attached hydrogens (primary N) is 1. The summed E-state index contributed by atoms with van der Waals surface area (Å²) in [6.07, 6.45) is 16.3. The molecule has 7 nitrogen and oxygen atoms in total. The molecule has 0 aliphatic carbocycles. The Balaban J connectivity index is 3.62. The standard InChI is InChI=1S/C23H51N2O5P/c1-5-6-7-8-9-10-11-12-13-14-15-16-17-18-23(26)22(24)21-30-31(27,28)29-20-19-25(2,3)4/h22-23,26H,5-21,24H2,1-4H3/t22-,23+/m0/s1. The second-order valence-electron chi connectivity index (χ2n) is 9.85. The maximum absolute atomic E-state index is 11.8. The molecule has 0 aliphatic rings. The average molecular weight is 467 g/mol. The molecule has 0 amide bonds. The Bertz CT molecular complexity index is 460. The number of aliphatic hydroxyl groups is 1. The number of phosphoric acid groups is 1. The van der Waals surface area contributed by atoms with Crippen LogP contribution < -0.4 is 10.6 Å². The fourth-order valence-electron chi connectivity index (χ4n) is 3.34. The van der Waals surface area contributed by atoms with Crippen molar-refractivity contribution in [3.05, 3.63) is 0 Å². The van der Waals surface area contributed by atoms with Gasteiger partial charge in [0.15, 0.2) is 0 Å². The van der Waals surface area contributed by atoms with E-state index in [1.807, 2.05) is 21.1 Å². The maximum Gasteiger partial charge on any atom is 0.268 e. The zero-order valence-electron chi connectivity index (χ0n) is 20.7. The molecule has 0 aromatic heterocycles. The summed E-state index contributed by atoms with van der Waals surface area (Å²) < 4.78 is 22.0. The second-order valence-corrected chi connectivity index (χ2v) is 11.3. The van der Waals surface area contributed by atoms with Crippen molar-refractivity contribution in [1.29, 1.82) is 0 Å². The average Bonchev–Trinajstić information content (AvgIpc) is 2.68. The minimum atomic E-state index is -4.38. The van der Waals surface area contributed by atoms with Gasteiger partial charge in [0, 0.05) is 0 Å². The molecule has 0 fully saturated rings. The summed E-state index contributed by atoms with van der Waals surface area (Å²) in [5.41, 5.74) is 5.88. The fraction of sp³-hybridized carbons (Fsp3) is 1.00. The van der Waals surface area contributed by atoms with Crippen molar-refractivity contribution in [2.75, 3.05) is 40.9 Å². The highest BCUT2D eigenvalue weighted by Gasteiger charge is 2.19. The van der Waals surface area contributed by atoms with Crippen LogP contribution >= 0.6 is 7.82 Å². The third-order valence-corrected chi connectivity index (χ3v) is 6.50. The first kappa shape index (κ1) is 31.0. The molecule has 0 aromatic rings. The Morgan fingerprint density at radius 1 is 0.871 bits per heavy atom. The molecule has 0 saturated carbocycles. The quantitative estimate of drug-likeness (QED) is 0.139. The summed E-state index contributed by atoms with van der Waals surface area (Å²) in [4.78, 5) is 11.8. The monoisotopic (exact) mass is 466 g/mol. The molecule has 0 aromatic carbocycles. The lowest BCUT2D eigenvalue weighted by molar-refractivity contribution is -0.870. The number of nitrogens with zero attached hydrogens (tertiary/aromatic N) is 1. The van der Waals surface area contributed by atoms with Crippen molar-refractivity contribution in [3.8, 4) is 0 Å². The smallest absolute Gasteiger partial charge is 0.268 e. The molecule has 0 rings (SSSR count). The number of likely N-dealkylation sites (N-methyl/N-ethyl adjacent to an activating group) is 1. The van der Waals surface area contributed by atoms with Gasteiger partial charge in [-0.1, -0.05) is 90.4 Å². The first-order valence-electron chi connectivity index (χ1n) is 12.4. The summed E-state index contributed by atoms with van der Waals surface area (Å²) in [5.74, 6) is 0. The Morgan fingerprint density at radius 3 is 1.77 bits per heavy atom. The zero-order valence-corrected chi connectivity index (χ0v) is 21.6. The zero-order chi connectivity index (χ0) is 23.6. The molecular weight excluding hydrogens is 415 g/mol. The van der Waals surface area contributed by atoms with Crippen LogP contribution in [0.1, 0.15) is 96.8 Å². The number of aliphatic hydroxyl groups excluding tert-OH is 1. The number of rotatable bonds is 22. The van der Waals surface area contributed by atoms with Crippen LogP contribution in [-0.4, -0.2) is 62.6 Å². The van der Waals surface area contributed by atoms with E-state index in [0.717, 1.165) is 12.8 Å². The molecule has 0 saturated heterocycles. The van der Waals surface area contributed by atoms with Crippen LogP contribution in [0.5, 0.6) is 0 Å². The number of hydrogen-bond donors (Lipinski definition) is 2. The van der Waals surface area contributed by atoms with Crippen molar-refractivity contribution in [2.24, 2.45) is 5.73 Å². The molecule has 3 atom stereocenters. The third kappa shape index (κ3) is 21.6. The highest BCUT2D eigenvalue weighted by molar-refractivity contribution is 7.45. The van der Waals surface area contributed by atoms with Gasteiger partial charge in [-0.2, -0.15) is 0 Å². The number of unbranched alkanes of at least 4 members (excludes halogenated alkanes) is 12. The van der Waals surface area contributed by atoms with E-state index < -0.39 is 20.0 Å². The Labute approximate surface area is 191 Å². The fourth-order valence-corrected chi connectivity index (χ4v) is 4.07. The highest BCUT2D eigenvalue weighted by Crippen LogP contribution is 2.38. The maximum atomic E-state index is 11.8. The Hall–Kier alpha value is -0.0100. The van der Waals surface area contributed by atoms with Crippen molar-refractivity contribution in [1.82, 2.24) is 0 Å². The van der Waals surface area contributed by atoms with E-state index in [9.17, 15) is 14.6 Å². The van der Waals surface area contributed by atoms with Crippen LogP contribution in [-0.2, 0) is 13.6 Å². The highest BCUT2D eigenvalue weighted by atomic mass is 31.2. The predicted molar refractivity (Wildman–Crippen MR) is 127 cm³/mol. The molecule has 31 heavy (non-hydrogen) atoms. The SMILES string of the molecule is CCCCCCCCCCCCCCC[C@@H](O)[C@@H](N)COP(=O)([O-])OCC[N+](C)(C)C. The summed E-state index contributed by atoms with van der Waals surface area (Å²) in [5, 5.41) is 10.1. The number of phosphoric ester groups is 1. The van der Waals surface area contributed by atoms with E-state index in [4.69, 9.17) is 14.8 Å². The van der Waals surface area contributed by atoms with Crippen LogP contribution in [0, 0.1) is 0 Å². The normalized spacial score (nSPS) is 16.2. The minimum absolute atomic E-state index is 0.0566. The lowest BCUT2D eigenvalue weighted by Gasteiger charge is -2.28. The molecule has 188 valence electrons. The lowest BCUT2D eigenvalue weighted by atomic mass is 10.0. The molecule has 0 heterocycles. The van der Waals surface area contributed by atoms with Gasteiger partial charge >= 0.3 is 0 Å². The third-order valence-electron chi connectivity index (χ3n) is 5.53. The largest absolute Gasteiger partial charge is 0.756 e. The second kappa shape index (κ2) is 18.4. The summed E-state index contributed by atoms with van der Waals surface area (Å²) in [6.45, 7) is 2.59. The van der Waals surface area contributed by atoms with Crippen molar-refractivity contribution in [3.63, 3.8) is 0 Å². The van der Waals surface area contributed by atoms with E-state index in [-0.39, 0.29) is 13.2 Å². The molecule has 0 spiro atoms. The van der Waals surface area contributed by atoms with Gasteiger partial charge in [-0.25, -0.2) is 0 Å². The van der Waals surface area contributed by atoms with E-state index in [2.05, 4.69) is 6.92 Å². The molecule has 0 radical (unpaired) electrons. The van der Waals surface area contributed by atoms with Crippen molar-refractivity contribution >= 4 is 7.82 Å². The summed E-state index contributed by atoms with van der Waals surface area (Å²) in [6, 6.07) is -0.735. The van der Waals surface area contributed by atoms with Gasteiger partial charge in [-0.15, -0.1) is 0 Å². The van der Waals surface area contributed by atoms with E-state index in [1.165, 1.54) is 70.6 Å². The van der Waals surface area contributed by atoms with Gasteiger partial charge in [0.1, 0.15) is 13.2 Å². The summed E-state index contributed by atoms with van der Waals surface area (Å²) in [7, 11) is 1.46. The number of quaternary nitrogens is 1. The van der Waals surface area contributed by atoms with E-state index in [0.29, 0.717) is 17.4 Å². The van der Waals surface area contributed by atoms with Gasteiger partial charge in [-0.05, 0) is 6.42 Å². The first-order chi connectivity index (χ1) is 14.6. The van der Waals surface area contributed by atoms with E-state index in [1.54, 1.807) is 0 Å². The van der Waals surface area contributed by atoms with Crippen molar-refractivity contribution in [2.45, 2.75) is 109 Å². The summed E-state index contributed by atoms with van der Waals surface area (Å²) >= 11 is 0. The Morgan fingerprint density at radius 2 is 1.32 bits per heavy atom. The predicted octanol–water partition coefficient (Wildman–Crippen LogP) is 4.36. The van der Waals surface area contributed by atoms with Crippen molar-refractivity contribution < 1.29 is 28.1 Å². The lowest BCUT2D eigenvalue weighted by Crippen LogP contribution is -2.39. The molecule has 3 N–H and O–H groups in total. The van der Waals surface area contributed by atoms with Gasteiger partial charge < -0.3 is 29.3 Å². The molecule has 0 bridgehead atoms.